The first-order valence-corrected chi connectivity index (χ1v) is 8.84. The van der Waals surface area contributed by atoms with E-state index in [2.05, 4.69) is 10.4 Å². The van der Waals surface area contributed by atoms with Gasteiger partial charge in [0, 0.05) is 31.0 Å². The summed E-state index contributed by atoms with van der Waals surface area (Å²) in [4.78, 5) is 14.6. The van der Waals surface area contributed by atoms with Crippen molar-refractivity contribution >= 4 is 11.8 Å². The summed E-state index contributed by atoms with van der Waals surface area (Å²) in [6.07, 6.45) is 1.81. The van der Waals surface area contributed by atoms with Crippen LogP contribution in [-0.2, 0) is 17.8 Å². The summed E-state index contributed by atoms with van der Waals surface area (Å²) in [5, 5.41) is 7.20. The summed E-state index contributed by atoms with van der Waals surface area (Å²) in [5.74, 6) is 1.97. The van der Waals surface area contributed by atoms with Gasteiger partial charge in [0.15, 0.2) is 5.82 Å². The van der Waals surface area contributed by atoms with E-state index in [9.17, 15) is 4.79 Å². The van der Waals surface area contributed by atoms with Crippen molar-refractivity contribution in [3.63, 3.8) is 0 Å². The summed E-state index contributed by atoms with van der Waals surface area (Å²) < 4.78 is 18.2. The summed E-state index contributed by atoms with van der Waals surface area (Å²) in [6, 6.07) is 7.21. The Morgan fingerprint density at radius 3 is 2.89 bits per heavy atom. The summed E-state index contributed by atoms with van der Waals surface area (Å²) in [5.41, 5.74) is 0.398. The number of nitrogens with zero attached hydrogens (tertiary/aromatic N) is 3. The number of fused-ring (bicyclic) bond motifs is 1. The van der Waals surface area contributed by atoms with Gasteiger partial charge in [0.2, 0.25) is 0 Å². The number of urea groups is 1. The Bertz CT molecular complexity index is 803. The highest BCUT2D eigenvalue weighted by atomic mass is 16.5. The van der Waals surface area contributed by atoms with E-state index < -0.39 is 5.60 Å². The summed E-state index contributed by atoms with van der Waals surface area (Å²) in [7, 11) is 3.26. The minimum atomic E-state index is -0.535. The number of amides is 2. The van der Waals surface area contributed by atoms with E-state index in [0.29, 0.717) is 32.1 Å². The summed E-state index contributed by atoms with van der Waals surface area (Å²) in [6.45, 7) is 6.00. The number of carbonyl (C=O) groups excluding carboxylic acids is 1. The van der Waals surface area contributed by atoms with E-state index in [1.807, 2.05) is 38.2 Å². The standard InChI is InChI=1S/C19H26N4O4/c1-19(2)13-22(12-14-5-6-15(26-4)11-16(14)27-19)18(24)20-17-7-8-23(21-17)9-10-25-3/h5-8,11H,9-10,12-13H2,1-4H3,(H,20,21,24). The van der Waals surface area contributed by atoms with Crippen LogP contribution in [0.3, 0.4) is 0 Å². The van der Waals surface area contributed by atoms with Crippen LogP contribution in [0.25, 0.3) is 0 Å². The van der Waals surface area contributed by atoms with Gasteiger partial charge in [-0.05, 0) is 26.0 Å². The maximum Gasteiger partial charge on any atom is 0.323 e. The van der Waals surface area contributed by atoms with E-state index in [4.69, 9.17) is 14.2 Å². The molecule has 1 aromatic carbocycles. The minimum absolute atomic E-state index is 0.215. The molecular formula is C19H26N4O4. The molecule has 0 fully saturated rings. The molecule has 0 bridgehead atoms. The Hall–Kier alpha value is -2.74. The van der Waals surface area contributed by atoms with Gasteiger partial charge < -0.3 is 19.1 Å². The Morgan fingerprint density at radius 1 is 1.33 bits per heavy atom. The van der Waals surface area contributed by atoms with Crippen molar-refractivity contribution in [3.8, 4) is 11.5 Å². The topological polar surface area (TPSA) is 77.9 Å². The lowest BCUT2D eigenvalue weighted by molar-refractivity contribution is 0.0832. The number of ether oxygens (including phenoxy) is 3. The lowest BCUT2D eigenvalue weighted by Crippen LogP contribution is -2.44. The smallest absolute Gasteiger partial charge is 0.323 e. The van der Waals surface area contributed by atoms with Crippen LogP contribution in [0.1, 0.15) is 19.4 Å². The second kappa shape index (κ2) is 7.87. The van der Waals surface area contributed by atoms with E-state index in [1.165, 1.54) is 0 Å². The molecule has 27 heavy (non-hydrogen) atoms. The minimum Gasteiger partial charge on any atom is -0.497 e. The number of rotatable bonds is 5. The number of hydrogen-bond donors (Lipinski definition) is 1. The predicted octanol–water partition coefficient (Wildman–Crippen LogP) is 2.74. The highest BCUT2D eigenvalue weighted by molar-refractivity contribution is 5.88. The fraction of sp³-hybridized carbons (Fsp3) is 0.474. The first-order valence-electron chi connectivity index (χ1n) is 8.84. The largest absolute Gasteiger partial charge is 0.497 e. The third-order valence-corrected chi connectivity index (χ3v) is 4.28. The van der Waals surface area contributed by atoms with Crippen LogP contribution in [0, 0.1) is 0 Å². The van der Waals surface area contributed by atoms with Crippen molar-refractivity contribution in [3.05, 3.63) is 36.0 Å². The van der Waals surface area contributed by atoms with Crippen molar-refractivity contribution in [2.24, 2.45) is 0 Å². The molecule has 8 heteroatoms. The molecule has 8 nitrogen and oxygen atoms in total. The molecule has 1 N–H and O–H groups in total. The van der Waals surface area contributed by atoms with Crippen molar-refractivity contribution in [2.75, 3.05) is 32.7 Å². The number of hydrogen-bond acceptors (Lipinski definition) is 5. The van der Waals surface area contributed by atoms with Crippen molar-refractivity contribution in [1.29, 1.82) is 0 Å². The van der Waals surface area contributed by atoms with E-state index in [-0.39, 0.29) is 6.03 Å². The van der Waals surface area contributed by atoms with Crippen LogP contribution in [0.4, 0.5) is 10.6 Å². The van der Waals surface area contributed by atoms with Gasteiger partial charge in [0.05, 0.1) is 33.4 Å². The molecule has 0 saturated carbocycles. The van der Waals surface area contributed by atoms with Crippen LogP contribution in [-0.4, -0.2) is 53.7 Å². The molecule has 1 aliphatic heterocycles. The quantitative estimate of drug-likeness (QED) is 0.871. The third kappa shape index (κ3) is 4.71. The molecule has 3 rings (SSSR count). The number of carbonyl (C=O) groups is 1. The molecule has 0 radical (unpaired) electrons. The molecule has 2 heterocycles. The Labute approximate surface area is 159 Å². The maximum atomic E-state index is 12.8. The third-order valence-electron chi connectivity index (χ3n) is 4.28. The molecule has 1 aromatic heterocycles. The van der Waals surface area contributed by atoms with Crippen LogP contribution in [0.5, 0.6) is 11.5 Å². The van der Waals surface area contributed by atoms with Gasteiger partial charge in [-0.3, -0.25) is 10.00 Å². The lowest BCUT2D eigenvalue weighted by Gasteiger charge is -2.29. The molecule has 146 valence electrons. The van der Waals surface area contributed by atoms with Crippen LogP contribution >= 0.6 is 0 Å². The Kier molecular flexibility index (Phi) is 5.55. The Balaban J connectivity index is 1.74. The van der Waals surface area contributed by atoms with E-state index >= 15 is 0 Å². The van der Waals surface area contributed by atoms with Gasteiger partial charge >= 0.3 is 6.03 Å². The van der Waals surface area contributed by atoms with E-state index in [0.717, 1.165) is 17.1 Å². The highest BCUT2D eigenvalue weighted by Gasteiger charge is 2.32. The van der Waals surface area contributed by atoms with Gasteiger partial charge in [-0.1, -0.05) is 0 Å². The zero-order chi connectivity index (χ0) is 19.4. The van der Waals surface area contributed by atoms with Gasteiger partial charge in [-0.25, -0.2) is 4.79 Å². The fourth-order valence-corrected chi connectivity index (χ4v) is 3.01. The molecular weight excluding hydrogens is 348 g/mol. The average Bonchev–Trinajstić information content (AvgIpc) is 3.01. The second-order valence-electron chi connectivity index (χ2n) is 7.08. The van der Waals surface area contributed by atoms with Crippen molar-refractivity contribution in [1.82, 2.24) is 14.7 Å². The first kappa shape index (κ1) is 19.0. The molecule has 2 amide bonds. The lowest BCUT2D eigenvalue weighted by atomic mass is 10.1. The van der Waals surface area contributed by atoms with E-state index in [1.54, 1.807) is 29.9 Å². The monoisotopic (exact) mass is 374 g/mol. The number of benzene rings is 1. The first-order chi connectivity index (χ1) is 12.9. The fourth-order valence-electron chi connectivity index (χ4n) is 3.01. The van der Waals surface area contributed by atoms with Crippen LogP contribution in [0.15, 0.2) is 30.5 Å². The SMILES string of the molecule is COCCn1ccc(NC(=O)N2Cc3ccc(OC)cc3OC(C)(C)C2)n1. The summed E-state index contributed by atoms with van der Waals surface area (Å²) >= 11 is 0. The molecule has 1 aliphatic rings. The Morgan fingerprint density at radius 2 is 2.15 bits per heavy atom. The predicted molar refractivity (Wildman–Crippen MR) is 101 cm³/mol. The van der Waals surface area contributed by atoms with Crippen molar-refractivity contribution in [2.45, 2.75) is 32.5 Å². The number of methoxy groups -OCH3 is 2. The zero-order valence-corrected chi connectivity index (χ0v) is 16.2. The molecule has 0 aliphatic carbocycles. The maximum absolute atomic E-state index is 12.8. The van der Waals surface area contributed by atoms with Crippen LogP contribution < -0.4 is 14.8 Å². The van der Waals surface area contributed by atoms with Gasteiger partial charge in [-0.2, -0.15) is 5.10 Å². The van der Waals surface area contributed by atoms with Crippen molar-refractivity contribution < 1.29 is 19.0 Å². The van der Waals surface area contributed by atoms with Gasteiger partial charge in [-0.15, -0.1) is 0 Å². The van der Waals surface area contributed by atoms with Gasteiger partial charge in [0.25, 0.3) is 0 Å². The highest BCUT2D eigenvalue weighted by Crippen LogP contribution is 2.32. The second-order valence-corrected chi connectivity index (χ2v) is 7.08. The zero-order valence-electron chi connectivity index (χ0n) is 16.2. The molecule has 0 unspecified atom stereocenters. The molecule has 2 aromatic rings. The molecule has 0 saturated heterocycles. The van der Waals surface area contributed by atoms with Gasteiger partial charge in [0.1, 0.15) is 17.1 Å². The molecule has 0 spiro atoms. The van der Waals surface area contributed by atoms with Crippen LogP contribution in [0.2, 0.25) is 0 Å². The normalized spacial score (nSPS) is 15.5. The number of aromatic nitrogens is 2. The average molecular weight is 374 g/mol. The number of anilines is 1. The molecule has 0 atom stereocenters. The number of nitrogens with one attached hydrogen (secondary N) is 1.